The summed E-state index contributed by atoms with van der Waals surface area (Å²) in [5.74, 6) is -2.61. The van der Waals surface area contributed by atoms with Crippen LogP contribution in [0.25, 0.3) is 22.1 Å². The third-order valence-electron chi connectivity index (χ3n) is 7.23. The van der Waals surface area contributed by atoms with Crippen molar-refractivity contribution in [2.24, 2.45) is 0 Å². The first kappa shape index (κ1) is 29.3. The quantitative estimate of drug-likeness (QED) is 0.178. The Hall–Kier alpha value is -5.23. The fraction of sp³-hybridized carbons (Fsp3) is 0.258. The van der Waals surface area contributed by atoms with Gasteiger partial charge in [0.1, 0.15) is 18.9 Å². The molecule has 5 rings (SSSR count). The summed E-state index contributed by atoms with van der Waals surface area (Å²) >= 11 is 0. The zero-order chi connectivity index (χ0) is 30.5. The first-order chi connectivity index (χ1) is 20.8. The number of aromatic nitrogens is 4. The topological polar surface area (TPSA) is 160 Å². The van der Waals surface area contributed by atoms with Crippen molar-refractivity contribution < 1.29 is 29.7 Å². The fourth-order valence-corrected chi connectivity index (χ4v) is 5.24. The summed E-state index contributed by atoms with van der Waals surface area (Å²) in [6.07, 6.45) is 1.43. The second kappa shape index (κ2) is 12.7. The number of para-hydroxylation sites is 4. The lowest BCUT2D eigenvalue weighted by Crippen LogP contribution is -2.39. The van der Waals surface area contributed by atoms with E-state index in [0.717, 1.165) is 44.8 Å². The van der Waals surface area contributed by atoms with E-state index in [4.69, 9.17) is 15.2 Å². The van der Waals surface area contributed by atoms with Crippen LogP contribution in [0, 0.1) is 0 Å². The molecule has 12 nitrogen and oxygen atoms in total. The Labute approximate surface area is 245 Å². The van der Waals surface area contributed by atoms with E-state index >= 15 is 0 Å². The molecule has 0 aliphatic rings. The third kappa shape index (κ3) is 6.33. The maximum atomic E-state index is 13.8. The van der Waals surface area contributed by atoms with Gasteiger partial charge >= 0.3 is 17.6 Å². The van der Waals surface area contributed by atoms with Crippen molar-refractivity contribution in [1.82, 2.24) is 23.6 Å². The highest BCUT2D eigenvalue weighted by Gasteiger charge is 2.22. The molecule has 1 amide bonds. The number of aliphatic hydroxyl groups is 1. The van der Waals surface area contributed by atoms with Crippen molar-refractivity contribution in [2.75, 3.05) is 19.7 Å². The van der Waals surface area contributed by atoms with E-state index in [1.807, 2.05) is 48.5 Å². The monoisotopic (exact) mass is 585 g/mol. The fourth-order valence-electron chi connectivity index (χ4n) is 5.24. The Morgan fingerprint density at radius 3 is 1.91 bits per heavy atom. The molecular weight excluding hydrogens is 554 g/mol. The number of aliphatic hydroxyl groups excluding tert-OH is 1. The number of amides is 1. The predicted octanol–water partition coefficient (Wildman–Crippen LogP) is 2.63. The van der Waals surface area contributed by atoms with Gasteiger partial charge in [0, 0.05) is 18.7 Å². The van der Waals surface area contributed by atoms with Crippen LogP contribution in [0.5, 0.6) is 0 Å². The maximum absolute atomic E-state index is 13.8. The van der Waals surface area contributed by atoms with Crippen LogP contribution in [0.4, 0.5) is 0 Å². The number of benzene rings is 3. The molecule has 12 heteroatoms. The molecule has 0 aliphatic heterocycles. The number of carboxylic acid groups (broad SMARTS) is 2. The Morgan fingerprint density at radius 1 is 0.721 bits per heavy atom. The minimum Gasteiger partial charge on any atom is -0.480 e. The Bertz CT molecular complexity index is 1840. The molecule has 0 saturated heterocycles. The number of carbonyl (C=O) groups excluding carboxylic acids is 1. The van der Waals surface area contributed by atoms with Gasteiger partial charge in [-0.3, -0.25) is 23.5 Å². The maximum Gasteiger partial charge on any atom is 0.329 e. The summed E-state index contributed by atoms with van der Waals surface area (Å²) in [7, 11) is 0. The Balaban J connectivity index is 1.45. The summed E-state index contributed by atoms with van der Waals surface area (Å²) in [6, 6.07) is 21.6. The van der Waals surface area contributed by atoms with Crippen LogP contribution in [0.2, 0.25) is 0 Å². The summed E-state index contributed by atoms with van der Waals surface area (Å²) in [5, 5.41) is 27.4. The largest absolute Gasteiger partial charge is 0.480 e. The molecule has 0 bridgehead atoms. The van der Waals surface area contributed by atoms with Crippen LogP contribution in [0.1, 0.15) is 34.6 Å². The molecule has 222 valence electrons. The number of hydrogen-bond acceptors (Lipinski definition) is 6. The van der Waals surface area contributed by atoms with Crippen LogP contribution in [0.3, 0.4) is 0 Å². The van der Waals surface area contributed by atoms with Gasteiger partial charge in [-0.15, -0.1) is 0 Å². The molecule has 0 atom stereocenters. The van der Waals surface area contributed by atoms with Gasteiger partial charge in [0.05, 0.1) is 35.2 Å². The van der Waals surface area contributed by atoms with Crippen LogP contribution in [-0.4, -0.2) is 76.4 Å². The van der Waals surface area contributed by atoms with E-state index in [1.165, 1.54) is 12.1 Å². The van der Waals surface area contributed by atoms with Crippen LogP contribution < -0.4 is 5.69 Å². The van der Waals surface area contributed by atoms with Crippen molar-refractivity contribution in [3.63, 3.8) is 0 Å². The minimum atomic E-state index is -1.32. The van der Waals surface area contributed by atoms with Crippen molar-refractivity contribution in [3.05, 3.63) is 100 Å². The van der Waals surface area contributed by atoms with Gasteiger partial charge in [-0.25, -0.2) is 9.78 Å². The second-order valence-corrected chi connectivity index (χ2v) is 10.2. The summed E-state index contributed by atoms with van der Waals surface area (Å²) in [4.78, 5) is 54.5. The van der Waals surface area contributed by atoms with Crippen LogP contribution >= 0.6 is 0 Å². The molecule has 3 aromatic carbocycles. The van der Waals surface area contributed by atoms with Gasteiger partial charge in [0.15, 0.2) is 0 Å². The van der Waals surface area contributed by atoms with Gasteiger partial charge in [0.25, 0.3) is 5.91 Å². The number of hydrogen-bond donors (Lipinski definition) is 3. The van der Waals surface area contributed by atoms with E-state index in [0.29, 0.717) is 13.0 Å². The number of carbonyl (C=O) groups is 3. The smallest absolute Gasteiger partial charge is 0.329 e. The molecule has 2 heterocycles. The van der Waals surface area contributed by atoms with Crippen molar-refractivity contribution in [2.45, 2.75) is 32.5 Å². The lowest BCUT2D eigenvalue weighted by Gasteiger charge is -2.18. The number of carboxylic acids is 2. The predicted molar refractivity (Wildman–Crippen MR) is 158 cm³/mol. The van der Waals surface area contributed by atoms with Gasteiger partial charge in [-0.1, -0.05) is 36.4 Å². The highest BCUT2D eigenvalue weighted by molar-refractivity contribution is 5.97. The van der Waals surface area contributed by atoms with Gasteiger partial charge in [0.2, 0.25) is 0 Å². The zero-order valence-electron chi connectivity index (χ0n) is 23.3. The normalized spacial score (nSPS) is 11.3. The number of imidazole rings is 2. The van der Waals surface area contributed by atoms with E-state index in [1.54, 1.807) is 21.3 Å². The third-order valence-corrected chi connectivity index (χ3v) is 7.23. The Morgan fingerprint density at radius 2 is 1.30 bits per heavy atom. The molecular formula is C31H31N5O7. The first-order valence-corrected chi connectivity index (χ1v) is 13.8. The van der Waals surface area contributed by atoms with E-state index in [-0.39, 0.29) is 30.9 Å². The van der Waals surface area contributed by atoms with Gasteiger partial charge in [-0.05, 0) is 54.8 Å². The first-order valence-electron chi connectivity index (χ1n) is 13.8. The molecule has 0 unspecified atom stereocenters. The van der Waals surface area contributed by atoms with Crippen LogP contribution in [-0.2, 0) is 29.2 Å². The Kier molecular flexibility index (Phi) is 8.67. The lowest BCUT2D eigenvalue weighted by molar-refractivity contribution is -0.140. The summed E-state index contributed by atoms with van der Waals surface area (Å²) < 4.78 is 5.43. The number of unbranched alkanes of at least 4 members (excludes halogenated alkanes) is 1. The average molecular weight is 586 g/mol. The number of aliphatic carboxylic acids is 2. The molecule has 0 spiro atoms. The van der Waals surface area contributed by atoms with Gasteiger partial charge in [-0.2, -0.15) is 0 Å². The second-order valence-electron chi connectivity index (χ2n) is 10.2. The minimum absolute atomic E-state index is 0.104. The summed E-state index contributed by atoms with van der Waals surface area (Å²) in [5.41, 5.74) is 3.90. The molecule has 2 aromatic heterocycles. The SMILES string of the molecule is O=C(O)CN(CC(=O)O)C(=O)c1ccc(Cn2c(=O)n(Cc3nc4ccccc4n3CCCCO)c3ccccc32)cc1. The van der Waals surface area contributed by atoms with E-state index in [9.17, 15) is 24.3 Å². The standard InChI is InChI=1S/C31H31N5O7/c37-16-6-5-15-34-24-8-2-1-7-23(24)32-27(34)18-36-26-10-4-3-9-25(26)35(31(36)43)17-21-11-13-22(14-12-21)30(42)33(19-28(38)39)20-29(40)41/h1-4,7-14,37H,5-6,15-20H2,(H,38,39)(H,40,41). The molecule has 0 radical (unpaired) electrons. The molecule has 0 aliphatic carbocycles. The number of nitrogens with zero attached hydrogens (tertiary/aromatic N) is 5. The molecule has 0 saturated carbocycles. The van der Waals surface area contributed by atoms with Crippen molar-refractivity contribution in [1.29, 1.82) is 0 Å². The molecule has 0 fully saturated rings. The summed E-state index contributed by atoms with van der Waals surface area (Å²) in [6.45, 7) is -0.259. The van der Waals surface area contributed by atoms with E-state index < -0.39 is 30.9 Å². The van der Waals surface area contributed by atoms with Crippen molar-refractivity contribution >= 4 is 39.9 Å². The van der Waals surface area contributed by atoms with E-state index in [2.05, 4.69) is 4.57 Å². The van der Waals surface area contributed by atoms with Crippen molar-refractivity contribution in [3.8, 4) is 0 Å². The lowest BCUT2D eigenvalue weighted by atomic mass is 10.1. The highest BCUT2D eigenvalue weighted by atomic mass is 16.4. The van der Waals surface area contributed by atoms with Gasteiger partial charge < -0.3 is 24.8 Å². The molecule has 5 aromatic rings. The number of aryl methyl sites for hydroxylation is 1. The molecule has 3 N–H and O–H groups in total. The average Bonchev–Trinajstić information content (AvgIpc) is 3.47. The number of rotatable bonds is 13. The number of fused-ring (bicyclic) bond motifs is 2. The molecule has 43 heavy (non-hydrogen) atoms. The zero-order valence-corrected chi connectivity index (χ0v) is 23.3. The van der Waals surface area contributed by atoms with Crippen LogP contribution in [0.15, 0.2) is 77.6 Å². The highest BCUT2D eigenvalue weighted by Crippen LogP contribution is 2.21.